The van der Waals surface area contributed by atoms with Crippen LogP contribution >= 0.6 is 0 Å². The Morgan fingerprint density at radius 1 is 1.30 bits per heavy atom. The Hall–Kier alpha value is -0.890. The molecular weight excluding hydrogens is 244 g/mol. The van der Waals surface area contributed by atoms with Gasteiger partial charge >= 0.3 is 0 Å². The molecule has 2 nitrogen and oxygen atoms in total. The molecule has 1 aliphatic rings. The van der Waals surface area contributed by atoms with Crippen LogP contribution in [0.2, 0.25) is 0 Å². The van der Waals surface area contributed by atoms with E-state index in [0.717, 1.165) is 30.0 Å². The highest BCUT2D eigenvalue weighted by molar-refractivity contribution is 5.20. The largest absolute Gasteiger partial charge is 0.310 e. The van der Waals surface area contributed by atoms with E-state index in [1.807, 2.05) is 6.20 Å². The average Bonchev–Trinajstić information content (AvgIpc) is 2.43. The van der Waals surface area contributed by atoms with E-state index < -0.39 is 0 Å². The molecule has 0 saturated heterocycles. The summed E-state index contributed by atoms with van der Waals surface area (Å²) in [6.07, 6.45) is 7.23. The zero-order chi connectivity index (χ0) is 14.5. The molecule has 1 aliphatic carbocycles. The molecule has 2 rings (SSSR count). The zero-order valence-electron chi connectivity index (χ0n) is 13.5. The Kier molecular flexibility index (Phi) is 5.59. The van der Waals surface area contributed by atoms with E-state index in [4.69, 9.17) is 0 Å². The van der Waals surface area contributed by atoms with E-state index in [2.05, 4.69) is 50.1 Å². The van der Waals surface area contributed by atoms with Crippen molar-refractivity contribution in [2.45, 2.75) is 59.4 Å². The molecule has 0 bridgehead atoms. The molecule has 1 heterocycles. The highest BCUT2D eigenvalue weighted by Gasteiger charge is 2.30. The Labute approximate surface area is 124 Å². The Balaban J connectivity index is 2.15. The van der Waals surface area contributed by atoms with Crippen LogP contribution in [0.4, 0.5) is 0 Å². The first kappa shape index (κ1) is 15.5. The van der Waals surface area contributed by atoms with E-state index in [1.165, 1.54) is 31.2 Å². The highest BCUT2D eigenvalue weighted by atomic mass is 14.9. The predicted octanol–water partition coefficient (Wildman–Crippen LogP) is 4.50. The number of nitrogens with one attached hydrogen (secondary N) is 1. The standard InChI is InChI=1S/C18H30N2/c1-5-9-20-18(17-8-10-19-15(4)12-17)16-7-6-13(2)14(3)11-16/h8,10,12-14,16,18,20H,5-7,9,11H2,1-4H3. The molecule has 1 aromatic heterocycles. The molecule has 1 fully saturated rings. The number of hydrogen-bond acceptors (Lipinski definition) is 2. The summed E-state index contributed by atoms with van der Waals surface area (Å²) in [4.78, 5) is 4.35. The van der Waals surface area contributed by atoms with Gasteiger partial charge in [-0.3, -0.25) is 4.98 Å². The predicted molar refractivity (Wildman–Crippen MR) is 85.7 cm³/mol. The molecule has 0 spiro atoms. The molecule has 112 valence electrons. The smallest absolute Gasteiger partial charge is 0.0375 e. The molecule has 1 saturated carbocycles. The molecule has 2 heteroatoms. The normalized spacial score (nSPS) is 28.3. The van der Waals surface area contributed by atoms with Crippen molar-refractivity contribution < 1.29 is 0 Å². The lowest BCUT2D eigenvalue weighted by Crippen LogP contribution is -2.33. The molecule has 1 aromatic rings. The molecule has 0 aromatic carbocycles. The maximum absolute atomic E-state index is 4.35. The summed E-state index contributed by atoms with van der Waals surface area (Å²) in [7, 11) is 0. The number of hydrogen-bond donors (Lipinski definition) is 1. The third-order valence-corrected chi connectivity index (χ3v) is 5.00. The number of rotatable bonds is 5. The fraction of sp³-hybridized carbons (Fsp3) is 0.722. The third kappa shape index (κ3) is 3.82. The first-order valence-electron chi connectivity index (χ1n) is 8.27. The van der Waals surface area contributed by atoms with Crippen LogP contribution in [0.25, 0.3) is 0 Å². The van der Waals surface area contributed by atoms with Crippen molar-refractivity contribution in [2.75, 3.05) is 6.54 Å². The number of aryl methyl sites for hydroxylation is 1. The Bertz CT molecular complexity index is 416. The fourth-order valence-corrected chi connectivity index (χ4v) is 3.51. The minimum atomic E-state index is 0.506. The maximum Gasteiger partial charge on any atom is 0.0375 e. The van der Waals surface area contributed by atoms with Crippen LogP contribution in [0, 0.1) is 24.7 Å². The number of aromatic nitrogens is 1. The summed E-state index contributed by atoms with van der Waals surface area (Å²) in [5, 5.41) is 3.79. The van der Waals surface area contributed by atoms with E-state index in [-0.39, 0.29) is 0 Å². The molecule has 0 amide bonds. The second-order valence-electron chi connectivity index (χ2n) is 6.69. The van der Waals surface area contributed by atoms with Crippen LogP contribution in [0.5, 0.6) is 0 Å². The van der Waals surface area contributed by atoms with Gasteiger partial charge in [0.2, 0.25) is 0 Å². The van der Waals surface area contributed by atoms with Crippen molar-refractivity contribution in [1.82, 2.24) is 10.3 Å². The maximum atomic E-state index is 4.35. The Morgan fingerprint density at radius 2 is 2.10 bits per heavy atom. The van der Waals surface area contributed by atoms with Crippen LogP contribution in [-0.4, -0.2) is 11.5 Å². The van der Waals surface area contributed by atoms with Gasteiger partial charge in [-0.2, -0.15) is 0 Å². The lowest BCUT2D eigenvalue weighted by atomic mass is 9.72. The summed E-state index contributed by atoms with van der Waals surface area (Å²) in [5.74, 6) is 2.51. The van der Waals surface area contributed by atoms with Crippen LogP contribution in [0.3, 0.4) is 0 Å². The van der Waals surface area contributed by atoms with Gasteiger partial charge in [-0.05, 0) is 68.2 Å². The van der Waals surface area contributed by atoms with Crippen molar-refractivity contribution in [1.29, 1.82) is 0 Å². The third-order valence-electron chi connectivity index (χ3n) is 5.00. The molecule has 4 atom stereocenters. The first-order chi connectivity index (χ1) is 9.61. The van der Waals surface area contributed by atoms with Crippen molar-refractivity contribution in [3.8, 4) is 0 Å². The van der Waals surface area contributed by atoms with Crippen LogP contribution in [-0.2, 0) is 0 Å². The molecule has 4 unspecified atom stereocenters. The van der Waals surface area contributed by atoms with Crippen molar-refractivity contribution in [3.05, 3.63) is 29.6 Å². The highest BCUT2D eigenvalue weighted by Crippen LogP contribution is 2.39. The van der Waals surface area contributed by atoms with Gasteiger partial charge in [0.1, 0.15) is 0 Å². The van der Waals surface area contributed by atoms with Crippen LogP contribution in [0.15, 0.2) is 18.3 Å². The SMILES string of the molecule is CCCNC(c1ccnc(C)c1)C1CCC(C)C(C)C1. The average molecular weight is 274 g/mol. The Morgan fingerprint density at radius 3 is 2.75 bits per heavy atom. The summed E-state index contributed by atoms with van der Waals surface area (Å²) in [6.45, 7) is 10.3. The van der Waals surface area contributed by atoms with Gasteiger partial charge in [0, 0.05) is 17.9 Å². The summed E-state index contributed by atoms with van der Waals surface area (Å²) in [5.41, 5.74) is 2.56. The number of pyridine rings is 1. The second kappa shape index (κ2) is 7.21. The van der Waals surface area contributed by atoms with Gasteiger partial charge in [0.05, 0.1) is 0 Å². The second-order valence-corrected chi connectivity index (χ2v) is 6.69. The van der Waals surface area contributed by atoms with Crippen molar-refractivity contribution in [3.63, 3.8) is 0 Å². The van der Waals surface area contributed by atoms with Gasteiger partial charge in [-0.15, -0.1) is 0 Å². The molecule has 1 N–H and O–H groups in total. The summed E-state index contributed by atoms with van der Waals surface area (Å²) >= 11 is 0. The molecule has 20 heavy (non-hydrogen) atoms. The first-order valence-corrected chi connectivity index (χ1v) is 8.27. The van der Waals surface area contributed by atoms with Crippen molar-refractivity contribution >= 4 is 0 Å². The lowest BCUT2D eigenvalue weighted by Gasteiger charge is -2.37. The fourth-order valence-electron chi connectivity index (χ4n) is 3.51. The summed E-state index contributed by atoms with van der Waals surface area (Å²) < 4.78 is 0. The van der Waals surface area contributed by atoms with Gasteiger partial charge in [0.25, 0.3) is 0 Å². The number of nitrogens with zero attached hydrogens (tertiary/aromatic N) is 1. The topological polar surface area (TPSA) is 24.9 Å². The molecule has 0 aliphatic heterocycles. The van der Waals surface area contributed by atoms with Crippen LogP contribution < -0.4 is 5.32 Å². The van der Waals surface area contributed by atoms with E-state index in [9.17, 15) is 0 Å². The minimum absolute atomic E-state index is 0.506. The van der Waals surface area contributed by atoms with Crippen molar-refractivity contribution in [2.24, 2.45) is 17.8 Å². The molecular formula is C18H30N2. The van der Waals surface area contributed by atoms with E-state index in [1.54, 1.807) is 0 Å². The lowest BCUT2D eigenvalue weighted by molar-refractivity contribution is 0.171. The summed E-state index contributed by atoms with van der Waals surface area (Å²) in [6, 6.07) is 4.96. The van der Waals surface area contributed by atoms with Gasteiger partial charge in [0.15, 0.2) is 0 Å². The quantitative estimate of drug-likeness (QED) is 0.855. The van der Waals surface area contributed by atoms with Gasteiger partial charge in [-0.1, -0.05) is 27.2 Å². The van der Waals surface area contributed by atoms with Gasteiger partial charge < -0.3 is 5.32 Å². The monoisotopic (exact) mass is 274 g/mol. The van der Waals surface area contributed by atoms with E-state index in [0.29, 0.717) is 6.04 Å². The van der Waals surface area contributed by atoms with Crippen LogP contribution in [0.1, 0.15) is 63.8 Å². The zero-order valence-corrected chi connectivity index (χ0v) is 13.5. The van der Waals surface area contributed by atoms with E-state index >= 15 is 0 Å². The minimum Gasteiger partial charge on any atom is -0.310 e. The van der Waals surface area contributed by atoms with Gasteiger partial charge in [-0.25, -0.2) is 0 Å². The molecule has 0 radical (unpaired) electrons.